The number of aromatic amines is 2. The molecule has 5 heterocycles. The molecule has 4 aromatic heterocycles. The maximum absolute atomic E-state index is 13.1. The Morgan fingerprint density at radius 2 is 1.13 bits per heavy atom. The number of H-pyrrole nitrogens is 2. The van der Waals surface area contributed by atoms with Crippen molar-refractivity contribution in [3.05, 3.63) is 119 Å². The van der Waals surface area contributed by atoms with Gasteiger partial charge in [-0.05, 0) is 114 Å². The van der Waals surface area contributed by atoms with Gasteiger partial charge in [0, 0.05) is 83.9 Å². The van der Waals surface area contributed by atoms with Crippen molar-refractivity contribution < 1.29 is 13.5 Å². The van der Waals surface area contributed by atoms with Gasteiger partial charge in [-0.2, -0.15) is 0 Å². The van der Waals surface area contributed by atoms with E-state index in [1.807, 2.05) is 26.2 Å². The molecule has 0 spiro atoms. The summed E-state index contributed by atoms with van der Waals surface area (Å²) in [6.45, 7) is 13.6. The first-order chi connectivity index (χ1) is 25.5. The van der Waals surface area contributed by atoms with Gasteiger partial charge in [-0.15, -0.1) is 0 Å². The third-order valence-electron chi connectivity index (χ3n) is 9.07. The number of ether oxygens (including phenoxy) is 1. The van der Waals surface area contributed by atoms with Crippen molar-refractivity contribution in [3.63, 3.8) is 0 Å². The summed E-state index contributed by atoms with van der Waals surface area (Å²) in [5.41, 5.74) is 12.4. The van der Waals surface area contributed by atoms with E-state index in [1.54, 1.807) is 36.7 Å². The molecular weight excluding hydrogens is 675 g/mol. The SMILES string of the molecule is Cc1[nH]c(CN(C)C)c(C)c1-c1ccnc(Nc2ccc(F)cc2)n1.Cc1[nH]c(CN2CCOCC2)c(C)c1-c1ccnc(Nc2ccc(F)cc2)n1. The van der Waals surface area contributed by atoms with Crippen molar-refractivity contribution in [1.82, 2.24) is 39.7 Å². The molecule has 0 saturated carbocycles. The highest BCUT2D eigenvalue weighted by Gasteiger charge is 2.19. The standard InChI is InChI=1S/C21H24FN5O.C19H22FN5/c1-14-19(13-27-9-11-28-12-10-27)24-15(2)20(14)18-7-8-23-21(26-18)25-17-5-3-16(22)4-6-17;1-12-17(11-25(3)4)22-13(2)18(12)16-9-10-21-19(24-16)23-15-7-5-14(20)6-8-15/h3-8,24H,9-13H2,1-2H3,(H,23,25,26);5-10,22H,11H2,1-4H3,(H,21,23,24). The predicted molar refractivity (Wildman–Crippen MR) is 205 cm³/mol. The molecule has 11 nitrogen and oxygen atoms in total. The number of nitrogens with one attached hydrogen (secondary N) is 4. The number of aromatic nitrogens is 6. The first-order valence-corrected chi connectivity index (χ1v) is 17.6. The zero-order chi connectivity index (χ0) is 37.5. The lowest BCUT2D eigenvalue weighted by Gasteiger charge is -2.26. The maximum atomic E-state index is 13.1. The van der Waals surface area contributed by atoms with Gasteiger partial charge in [0.1, 0.15) is 11.6 Å². The number of hydrogen-bond donors (Lipinski definition) is 4. The van der Waals surface area contributed by atoms with Gasteiger partial charge in [0.2, 0.25) is 11.9 Å². The van der Waals surface area contributed by atoms with E-state index >= 15 is 0 Å². The zero-order valence-electron chi connectivity index (χ0n) is 31.0. The van der Waals surface area contributed by atoms with Crippen LogP contribution in [0, 0.1) is 39.3 Å². The molecule has 1 aliphatic rings. The summed E-state index contributed by atoms with van der Waals surface area (Å²) in [4.78, 5) is 29.4. The van der Waals surface area contributed by atoms with E-state index in [0.29, 0.717) is 11.9 Å². The van der Waals surface area contributed by atoms with E-state index in [2.05, 4.69) is 78.0 Å². The molecule has 0 radical (unpaired) electrons. The fourth-order valence-electron chi connectivity index (χ4n) is 6.45. The normalized spacial score (nSPS) is 13.2. The number of benzene rings is 2. The molecule has 13 heteroatoms. The van der Waals surface area contributed by atoms with E-state index in [9.17, 15) is 8.78 Å². The third kappa shape index (κ3) is 9.49. The number of rotatable bonds is 10. The Bertz CT molecular complexity index is 2120. The van der Waals surface area contributed by atoms with Gasteiger partial charge >= 0.3 is 0 Å². The van der Waals surface area contributed by atoms with E-state index in [-0.39, 0.29) is 11.6 Å². The van der Waals surface area contributed by atoms with Gasteiger partial charge in [-0.3, -0.25) is 4.90 Å². The number of hydrogen-bond acceptors (Lipinski definition) is 9. The molecule has 1 saturated heterocycles. The number of halogens is 2. The molecule has 276 valence electrons. The summed E-state index contributed by atoms with van der Waals surface area (Å²) in [5.74, 6) is 0.427. The molecule has 1 fully saturated rings. The van der Waals surface area contributed by atoms with E-state index < -0.39 is 0 Å². The van der Waals surface area contributed by atoms with Crippen molar-refractivity contribution in [2.45, 2.75) is 40.8 Å². The van der Waals surface area contributed by atoms with Crippen LogP contribution >= 0.6 is 0 Å². The first-order valence-electron chi connectivity index (χ1n) is 17.6. The number of anilines is 4. The molecule has 0 bridgehead atoms. The summed E-state index contributed by atoms with van der Waals surface area (Å²) < 4.78 is 31.6. The van der Waals surface area contributed by atoms with Crippen LogP contribution < -0.4 is 10.6 Å². The van der Waals surface area contributed by atoms with Crippen LogP contribution in [0.1, 0.15) is 33.9 Å². The van der Waals surface area contributed by atoms with Crippen molar-refractivity contribution in [2.24, 2.45) is 0 Å². The molecular formula is C40H46F2N10O. The van der Waals surface area contributed by atoms with E-state index in [4.69, 9.17) is 4.74 Å². The van der Waals surface area contributed by atoms with Crippen molar-refractivity contribution in [1.29, 1.82) is 0 Å². The summed E-state index contributed by atoms with van der Waals surface area (Å²) in [6, 6.07) is 16.1. The molecule has 0 atom stereocenters. The fraction of sp³-hybridized carbons (Fsp3) is 0.300. The molecule has 6 aromatic rings. The van der Waals surface area contributed by atoms with Crippen LogP contribution in [0.4, 0.5) is 32.1 Å². The fourth-order valence-corrected chi connectivity index (χ4v) is 6.45. The minimum atomic E-state index is -0.272. The quantitative estimate of drug-likeness (QED) is 0.112. The number of nitrogens with zero attached hydrogens (tertiary/aromatic N) is 6. The average molecular weight is 721 g/mol. The Hall–Kier alpha value is -5.50. The molecule has 0 amide bonds. The maximum Gasteiger partial charge on any atom is 0.227 e. The van der Waals surface area contributed by atoms with Crippen molar-refractivity contribution >= 4 is 23.3 Å². The van der Waals surface area contributed by atoms with Gasteiger partial charge in [0.25, 0.3) is 0 Å². The molecule has 0 aliphatic carbocycles. The van der Waals surface area contributed by atoms with Crippen LogP contribution in [0.2, 0.25) is 0 Å². The summed E-state index contributed by atoms with van der Waals surface area (Å²) in [5, 5.41) is 6.24. The molecule has 53 heavy (non-hydrogen) atoms. The first kappa shape index (κ1) is 37.3. The van der Waals surface area contributed by atoms with Crippen LogP contribution in [-0.4, -0.2) is 80.1 Å². The molecule has 1 aliphatic heterocycles. The zero-order valence-corrected chi connectivity index (χ0v) is 31.0. The summed E-state index contributed by atoms with van der Waals surface area (Å²) >= 11 is 0. The highest BCUT2D eigenvalue weighted by atomic mass is 19.1. The summed E-state index contributed by atoms with van der Waals surface area (Å²) in [7, 11) is 4.09. The van der Waals surface area contributed by atoms with Crippen LogP contribution in [0.3, 0.4) is 0 Å². The second-order valence-corrected chi connectivity index (χ2v) is 13.4. The Kier molecular flexibility index (Phi) is 11.9. The van der Waals surface area contributed by atoms with Crippen molar-refractivity contribution in [3.8, 4) is 22.5 Å². The van der Waals surface area contributed by atoms with E-state index in [0.717, 1.165) is 84.7 Å². The van der Waals surface area contributed by atoms with Gasteiger partial charge in [0.15, 0.2) is 0 Å². The van der Waals surface area contributed by atoms with Crippen LogP contribution in [-0.2, 0) is 17.8 Å². The van der Waals surface area contributed by atoms with Crippen LogP contribution in [0.25, 0.3) is 22.5 Å². The third-order valence-corrected chi connectivity index (χ3v) is 9.07. The predicted octanol–water partition coefficient (Wildman–Crippen LogP) is 7.84. The Balaban J connectivity index is 0.000000183. The monoisotopic (exact) mass is 720 g/mol. The molecule has 7 rings (SSSR count). The summed E-state index contributed by atoms with van der Waals surface area (Å²) in [6.07, 6.45) is 3.47. The lowest BCUT2D eigenvalue weighted by molar-refractivity contribution is 0.0336. The molecule has 2 aromatic carbocycles. The Morgan fingerprint density at radius 3 is 1.60 bits per heavy atom. The highest BCUT2D eigenvalue weighted by molar-refractivity contribution is 5.70. The second-order valence-electron chi connectivity index (χ2n) is 13.4. The lowest BCUT2D eigenvalue weighted by atomic mass is 10.1. The van der Waals surface area contributed by atoms with Crippen molar-refractivity contribution in [2.75, 3.05) is 51.0 Å². The smallest absolute Gasteiger partial charge is 0.227 e. The Labute approximate surface area is 308 Å². The largest absolute Gasteiger partial charge is 0.379 e. The lowest BCUT2D eigenvalue weighted by Crippen LogP contribution is -2.35. The van der Waals surface area contributed by atoms with Gasteiger partial charge in [-0.25, -0.2) is 28.7 Å². The van der Waals surface area contributed by atoms with E-state index in [1.165, 1.54) is 46.8 Å². The van der Waals surface area contributed by atoms with Crippen LogP contribution in [0.15, 0.2) is 73.1 Å². The molecule has 0 unspecified atom stereocenters. The van der Waals surface area contributed by atoms with Crippen LogP contribution in [0.5, 0.6) is 0 Å². The minimum absolute atomic E-state index is 0.271. The second kappa shape index (κ2) is 16.9. The number of morpholine rings is 1. The Morgan fingerprint density at radius 1 is 0.679 bits per heavy atom. The van der Waals surface area contributed by atoms with Gasteiger partial charge < -0.3 is 30.2 Å². The number of aryl methyl sites for hydroxylation is 2. The highest BCUT2D eigenvalue weighted by Crippen LogP contribution is 2.31. The van der Waals surface area contributed by atoms with Gasteiger partial charge in [0.05, 0.1) is 24.6 Å². The molecule has 4 N–H and O–H groups in total. The average Bonchev–Trinajstić information content (AvgIpc) is 3.58. The topological polar surface area (TPSA) is 123 Å². The van der Waals surface area contributed by atoms with Gasteiger partial charge in [-0.1, -0.05) is 0 Å². The minimum Gasteiger partial charge on any atom is -0.379 e.